The van der Waals surface area contributed by atoms with Crippen molar-refractivity contribution in [1.29, 1.82) is 0 Å². The van der Waals surface area contributed by atoms with Gasteiger partial charge in [0.2, 0.25) is 0 Å². The highest BCUT2D eigenvalue weighted by atomic mass is 35.5. The van der Waals surface area contributed by atoms with Gasteiger partial charge in [-0.2, -0.15) is 0 Å². The van der Waals surface area contributed by atoms with E-state index in [9.17, 15) is 9.59 Å². The molecule has 30 heavy (non-hydrogen) atoms. The highest BCUT2D eigenvalue weighted by molar-refractivity contribution is 6.30. The molecule has 2 aromatic rings. The Hall–Kier alpha value is -2.73. The largest absolute Gasteiger partial charge is 0.481 e. The molecule has 0 bridgehead atoms. The number of nitrogens with zero attached hydrogens (tertiary/aromatic N) is 1. The van der Waals surface area contributed by atoms with Crippen LogP contribution in [0, 0.1) is 0 Å². The molecule has 1 heterocycles. The Balaban J connectivity index is 1.78. The number of para-hydroxylation sites is 2. The van der Waals surface area contributed by atoms with Crippen molar-refractivity contribution in [1.82, 2.24) is 5.32 Å². The lowest BCUT2D eigenvalue weighted by molar-refractivity contribution is -0.130. The zero-order valence-electron chi connectivity index (χ0n) is 17.4. The lowest BCUT2D eigenvalue weighted by atomic mass is 10.1. The summed E-state index contributed by atoms with van der Waals surface area (Å²) < 4.78 is 11.7. The van der Waals surface area contributed by atoms with Crippen LogP contribution in [0.5, 0.6) is 11.5 Å². The van der Waals surface area contributed by atoms with Crippen molar-refractivity contribution in [3.8, 4) is 11.5 Å². The molecule has 1 N–H and O–H groups in total. The number of amides is 2. The van der Waals surface area contributed by atoms with Crippen molar-refractivity contribution < 1.29 is 19.1 Å². The Kier molecular flexibility index (Phi) is 7.21. The van der Waals surface area contributed by atoms with E-state index in [1.165, 1.54) is 0 Å². The molecule has 1 aliphatic rings. The van der Waals surface area contributed by atoms with Crippen molar-refractivity contribution in [2.24, 2.45) is 0 Å². The summed E-state index contributed by atoms with van der Waals surface area (Å²) in [7, 11) is 0. The van der Waals surface area contributed by atoms with Crippen LogP contribution in [-0.2, 0) is 9.59 Å². The molecule has 0 radical (unpaired) electrons. The molecule has 0 spiro atoms. The SMILES string of the molecule is CCC(CC)NC(=O)C1CN(C(=O)C(C)Oc2ccc(Cl)cc2)c2ccccc2O1. The number of fused-ring (bicyclic) bond motifs is 1. The van der Waals surface area contributed by atoms with E-state index in [0.717, 1.165) is 12.8 Å². The molecular weight excluding hydrogens is 404 g/mol. The third-order valence-corrected chi connectivity index (χ3v) is 5.39. The van der Waals surface area contributed by atoms with E-state index in [-0.39, 0.29) is 24.4 Å². The van der Waals surface area contributed by atoms with Crippen LogP contribution in [0.4, 0.5) is 5.69 Å². The number of rotatable bonds is 7. The maximum Gasteiger partial charge on any atom is 0.268 e. The second-order valence-corrected chi connectivity index (χ2v) is 7.70. The quantitative estimate of drug-likeness (QED) is 0.714. The summed E-state index contributed by atoms with van der Waals surface area (Å²) in [5, 5.41) is 3.60. The number of benzene rings is 2. The standard InChI is InChI=1S/C23H27ClN2O4/c1-4-17(5-2)25-22(27)21-14-26(19-8-6-7-9-20(19)30-21)23(28)15(3)29-18-12-10-16(24)11-13-18/h6-13,15,17,21H,4-5,14H2,1-3H3,(H,25,27). The molecule has 3 rings (SSSR count). The van der Waals surface area contributed by atoms with Gasteiger partial charge in [-0.25, -0.2) is 0 Å². The van der Waals surface area contributed by atoms with Gasteiger partial charge in [0, 0.05) is 11.1 Å². The Morgan fingerprint density at radius 2 is 1.83 bits per heavy atom. The topological polar surface area (TPSA) is 67.9 Å². The number of hydrogen-bond acceptors (Lipinski definition) is 4. The molecule has 2 atom stereocenters. The minimum atomic E-state index is -0.785. The van der Waals surface area contributed by atoms with E-state index in [4.69, 9.17) is 21.1 Å². The van der Waals surface area contributed by atoms with Crippen LogP contribution in [0.3, 0.4) is 0 Å². The van der Waals surface area contributed by atoms with E-state index in [0.29, 0.717) is 22.2 Å². The normalized spacial score (nSPS) is 16.4. The fraction of sp³-hybridized carbons (Fsp3) is 0.391. The average molecular weight is 431 g/mol. The molecule has 2 amide bonds. The predicted octanol–water partition coefficient (Wildman–Crippen LogP) is 4.21. The third kappa shape index (κ3) is 5.05. The van der Waals surface area contributed by atoms with Crippen LogP contribution in [0.2, 0.25) is 5.02 Å². The van der Waals surface area contributed by atoms with E-state index < -0.39 is 12.2 Å². The molecule has 0 aromatic heterocycles. The van der Waals surface area contributed by atoms with Gasteiger partial charge in [0.15, 0.2) is 12.2 Å². The minimum absolute atomic E-state index is 0.0783. The van der Waals surface area contributed by atoms with Crippen LogP contribution in [-0.4, -0.2) is 36.6 Å². The van der Waals surface area contributed by atoms with Crippen molar-refractivity contribution in [2.75, 3.05) is 11.4 Å². The first kappa shape index (κ1) is 22.0. The Morgan fingerprint density at radius 1 is 1.17 bits per heavy atom. The lowest BCUT2D eigenvalue weighted by Crippen LogP contribution is -2.54. The average Bonchev–Trinajstić information content (AvgIpc) is 2.77. The summed E-state index contributed by atoms with van der Waals surface area (Å²) in [5.74, 6) is 0.577. The van der Waals surface area contributed by atoms with Crippen molar-refractivity contribution in [3.63, 3.8) is 0 Å². The molecule has 2 unspecified atom stereocenters. The Bertz CT molecular complexity index is 883. The monoisotopic (exact) mass is 430 g/mol. The smallest absolute Gasteiger partial charge is 0.268 e. The predicted molar refractivity (Wildman–Crippen MR) is 117 cm³/mol. The second-order valence-electron chi connectivity index (χ2n) is 7.26. The summed E-state index contributed by atoms with van der Waals surface area (Å²) in [6, 6.07) is 14.1. The maximum atomic E-state index is 13.2. The fourth-order valence-electron chi connectivity index (χ4n) is 3.35. The number of carbonyl (C=O) groups excluding carboxylic acids is 2. The molecule has 160 valence electrons. The van der Waals surface area contributed by atoms with Gasteiger partial charge in [0.25, 0.3) is 11.8 Å². The van der Waals surface area contributed by atoms with E-state index >= 15 is 0 Å². The number of ether oxygens (including phenoxy) is 2. The van der Waals surface area contributed by atoms with Gasteiger partial charge >= 0.3 is 0 Å². The number of anilines is 1. The minimum Gasteiger partial charge on any atom is -0.481 e. The van der Waals surface area contributed by atoms with Crippen LogP contribution in [0.25, 0.3) is 0 Å². The van der Waals surface area contributed by atoms with Gasteiger partial charge in [0.1, 0.15) is 11.5 Å². The highest BCUT2D eigenvalue weighted by Crippen LogP contribution is 2.34. The molecule has 7 heteroatoms. The zero-order valence-corrected chi connectivity index (χ0v) is 18.2. The second kappa shape index (κ2) is 9.85. The molecule has 1 aliphatic heterocycles. The lowest BCUT2D eigenvalue weighted by Gasteiger charge is -2.35. The molecule has 0 aliphatic carbocycles. The van der Waals surface area contributed by atoms with E-state index in [1.54, 1.807) is 48.2 Å². The summed E-state index contributed by atoms with van der Waals surface area (Å²) in [6.07, 6.45) is 0.132. The first-order valence-electron chi connectivity index (χ1n) is 10.2. The summed E-state index contributed by atoms with van der Waals surface area (Å²) >= 11 is 5.91. The fourth-order valence-corrected chi connectivity index (χ4v) is 3.48. The molecule has 0 saturated heterocycles. The van der Waals surface area contributed by atoms with Crippen LogP contribution >= 0.6 is 11.6 Å². The number of carbonyl (C=O) groups is 2. The molecule has 6 nitrogen and oxygen atoms in total. The van der Waals surface area contributed by atoms with Gasteiger partial charge in [-0.3, -0.25) is 9.59 Å². The summed E-state index contributed by atoms with van der Waals surface area (Å²) in [5.41, 5.74) is 0.626. The van der Waals surface area contributed by atoms with Gasteiger partial charge < -0.3 is 19.7 Å². The molecular formula is C23H27ClN2O4. The highest BCUT2D eigenvalue weighted by Gasteiger charge is 2.36. The van der Waals surface area contributed by atoms with E-state index in [2.05, 4.69) is 5.32 Å². The Labute approximate surface area is 182 Å². The van der Waals surface area contributed by atoms with Gasteiger partial charge in [-0.1, -0.05) is 37.6 Å². The third-order valence-electron chi connectivity index (χ3n) is 5.14. The summed E-state index contributed by atoms with van der Waals surface area (Å²) in [4.78, 5) is 27.6. The van der Waals surface area contributed by atoms with Gasteiger partial charge in [-0.05, 0) is 56.2 Å². The van der Waals surface area contributed by atoms with Gasteiger partial charge in [0.05, 0.1) is 12.2 Å². The maximum absolute atomic E-state index is 13.2. The van der Waals surface area contributed by atoms with E-state index in [1.807, 2.05) is 26.0 Å². The first-order valence-corrected chi connectivity index (χ1v) is 10.6. The molecule has 2 aromatic carbocycles. The number of halogens is 1. The molecule has 0 fully saturated rings. The number of hydrogen-bond donors (Lipinski definition) is 1. The van der Waals surface area contributed by atoms with Crippen molar-refractivity contribution in [2.45, 2.75) is 51.9 Å². The van der Waals surface area contributed by atoms with Crippen molar-refractivity contribution in [3.05, 3.63) is 53.6 Å². The Morgan fingerprint density at radius 3 is 2.50 bits per heavy atom. The van der Waals surface area contributed by atoms with Crippen LogP contribution in [0.1, 0.15) is 33.6 Å². The first-order chi connectivity index (χ1) is 14.4. The zero-order chi connectivity index (χ0) is 21.7. The molecule has 0 saturated carbocycles. The van der Waals surface area contributed by atoms with Gasteiger partial charge in [-0.15, -0.1) is 0 Å². The van der Waals surface area contributed by atoms with Crippen molar-refractivity contribution >= 4 is 29.1 Å². The summed E-state index contributed by atoms with van der Waals surface area (Å²) in [6.45, 7) is 5.86. The van der Waals surface area contributed by atoms with Crippen LogP contribution < -0.4 is 19.7 Å². The number of nitrogens with one attached hydrogen (secondary N) is 1. The van der Waals surface area contributed by atoms with Crippen LogP contribution in [0.15, 0.2) is 48.5 Å².